The van der Waals surface area contributed by atoms with E-state index in [4.69, 9.17) is 0 Å². The molecule has 0 unspecified atom stereocenters. The standard InChI is InChI=1S/C19H20N4OS/c1-12-7-9-15(10-8-12)17-21-19(23-22-17)25-14(3)18(24)20-16-6-4-5-13(2)11-16/h4-11,14H,1-3H3,(H,20,24)(H,21,22,23)/t14-/m1/s1. The van der Waals surface area contributed by atoms with Crippen LogP contribution in [0, 0.1) is 13.8 Å². The first-order valence-corrected chi connectivity index (χ1v) is 8.93. The summed E-state index contributed by atoms with van der Waals surface area (Å²) < 4.78 is 0. The third kappa shape index (κ3) is 4.48. The molecular weight excluding hydrogens is 332 g/mol. The molecule has 128 valence electrons. The summed E-state index contributed by atoms with van der Waals surface area (Å²) >= 11 is 1.33. The minimum absolute atomic E-state index is 0.0720. The van der Waals surface area contributed by atoms with E-state index in [-0.39, 0.29) is 11.2 Å². The van der Waals surface area contributed by atoms with E-state index < -0.39 is 0 Å². The molecule has 0 radical (unpaired) electrons. The van der Waals surface area contributed by atoms with Gasteiger partial charge in [0.2, 0.25) is 11.1 Å². The maximum absolute atomic E-state index is 12.3. The zero-order chi connectivity index (χ0) is 17.8. The van der Waals surface area contributed by atoms with Gasteiger partial charge in [-0.25, -0.2) is 4.98 Å². The molecule has 1 amide bonds. The first-order valence-electron chi connectivity index (χ1n) is 8.05. The minimum Gasteiger partial charge on any atom is -0.325 e. The lowest BCUT2D eigenvalue weighted by Gasteiger charge is -2.10. The van der Waals surface area contributed by atoms with Crippen LogP contribution < -0.4 is 5.32 Å². The maximum atomic E-state index is 12.3. The molecule has 0 aliphatic heterocycles. The van der Waals surface area contributed by atoms with Gasteiger partial charge in [-0.3, -0.25) is 9.89 Å². The van der Waals surface area contributed by atoms with E-state index in [1.165, 1.54) is 17.3 Å². The molecule has 1 heterocycles. The van der Waals surface area contributed by atoms with Crippen molar-refractivity contribution in [2.75, 3.05) is 5.32 Å². The molecule has 3 rings (SSSR count). The van der Waals surface area contributed by atoms with Crippen LogP contribution in [0.2, 0.25) is 0 Å². The molecule has 1 aromatic heterocycles. The topological polar surface area (TPSA) is 70.7 Å². The van der Waals surface area contributed by atoms with Crippen LogP contribution in [0.5, 0.6) is 0 Å². The second-order valence-corrected chi connectivity index (χ2v) is 7.26. The van der Waals surface area contributed by atoms with E-state index in [1.54, 1.807) is 0 Å². The third-order valence-electron chi connectivity index (χ3n) is 3.73. The SMILES string of the molecule is Cc1ccc(-c2nc(S[C@H](C)C(=O)Nc3cccc(C)c3)n[nH]2)cc1. The van der Waals surface area contributed by atoms with Crippen molar-refractivity contribution in [1.29, 1.82) is 0 Å². The minimum atomic E-state index is -0.304. The second-order valence-electron chi connectivity index (χ2n) is 5.95. The van der Waals surface area contributed by atoms with E-state index in [2.05, 4.69) is 20.5 Å². The number of hydrogen-bond acceptors (Lipinski definition) is 4. The molecule has 0 saturated heterocycles. The Kier molecular flexibility index (Phi) is 5.19. The number of aryl methyl sites for hydroxylation is 2. The van der Waals surface area contributed by atoms with Crippen LogP contribution in [0.4, 0.5) is 5.69 Å². The molecule has 3 aromatic rings. The monoisotopic (exact) mass is 352 g/mol. The zero-order valence-corrected chi connectivity index (χ0v) is 15.2. The van der Waals surface area contributed by atoms with Gasteiger partial charge in [-0.1, -0.05) is 53.7 Å². The molecule has 0 spiro atoms. The fraction of sp³-hybridized carbons (Fsp3) is 0.211. The molecule has 2 N–H and O–H groups in total. The molecular formula is C19H20N4OS. The van der Waals surface area contributed by atoms with Gasteiger partial charge in [0.25, 0.3) is 0 Å². The van der Waals surface area contributed by atoms with Gasteiger partial charge >= 0.3 is 0 Å². The van der Waals surface area contributed by atoms with E-state index in [9.17, 15) is 4.79 Å². The summed E-state index contributed by atoms with van der Waals surface area (Å²) in [4.78, 5) is 16.8. The molecule has 0 fully saturated rings. The lowest BCUT2D eigenvalue weighted by Crippen LogP contribution is -2.22. The Morgan fingerprint density at radius 3 is 2.60 bits per heavy atom. The fourth-order valence-electron chi connectivity index (χ4n) is 2.32. The highest BCUT2D eigenvalue weighted by Gasteiger charge is 2.17. The summed E-state index contributed by atoms with van der Waals surface area (Å²) in [5.74, 6) is 0.631. The lowest BCUT2D eigenvalue weighted by atomic mass is 10.1. The van der Waals surface area contributed by atoms with Gasteiger partial charge in [-0.05, 0) is 38.5 Å². The molecule has 1 atom stereocenters. The molecule has 5 nitrogen and oxygen atoms in total. The van der Waals surface area contributed by atoms with Crippen molar-refractivity contribution >= 4 is 23.4 Å². The normalized spacial score (nSPS) is 12.0. The Bertz CT molecular complexity index is 873. The number of thioether (sulfide) groups is 1. The van der Waals surface area contributed by atoms with Crippen LogP contribution in [-0.2, 0) is 4.79 Å². The van der Waals surface area contributed by atoms with Gasteiger partial charge in [-0.15, -0.1) is 5.10 Å². The van der Waals surface area contributed by atoms with Crippen LogP contribution in [0.1, 0.15) is 18.1 Å². The molecule has 0 aliphatic carbocycles. The lowest BCUT2D eigenvalue weighted by molar-refractivity contribution is -0.115. The van der Waals surface area contributed by atoms with Gasteiger partial charge in [0.15, 0.2) is 5.82 Å². The van der Waals surface area contributed by atoms with Crippen LogP contribution in [-0.4, -0.2) is 26.3 Å². The largest absolute Gasteiger partial charge is 0.325 e. The Hall–Kier alpha value is -2.60. The second kappa shape index (κ2) is 7.53. The summed E-state index contributed by atoms with van der Waals surface area (Å²) in [6.07, 6.45) is 0. The van der Waals surface area contributed by atoms with Gasteiger partial charge in [0, 0.05) is 11.3 Å². The molecule has 0 saturated carbocycles. The predicted molar refractivity (Wildman–Crippen MR) is 102 cm³/mol. The molecule has 25 heavy (non-hydrogen) atoms. The number of nitrogens with zero attached hydrogens (tertiary/aromatic N) is 2. The Labute approximate surface area is 151 Å². The summed E-state index contributed by atoms with van der Waals surface area (Å²) in [5.41, 5.74) is 4.07. The summed E-state index contributed by atoms with van der Waals surface area (Å²) in [5, 5.41) is 10.3. The summed E-state index contributed by atoms with van der Waals surface area (Å²) in [6, 6.07) is 15.8. The highest BCUT2D eigenvalue weighted by atomic mass is 32.2. The number of hydrogen-bond donors (Lipinski definition) is 2. The van der Waals surface area contributed by atoms with Crippen molar-refractivity contribution in [3.8, 4) is 11.4 Å². The first-order chi connectivity index (χ1) is 12.0. The number of carbonyl (C=O) groups is 1. The van der Waals surface area contributed by atoms with Gasteiger partial charge in [-0.2, -0.15) is 0 Å². The van der Waals surface area contributed by atoms with Gasteiger partial charge < -0.3 is 5.32 Å². The number of H-pyrrole nitrogens is 1. The molecule has 0 aliphatic rings. The van der Waals surface area contributed by atoms with Crippen molar-refractivity contribution in [2.24, 2.45) is 0 Å². The number of carbonyl (C=O) groups excluding carboxylic acids is 1. The van der Waals surface area contributed by atoms with Crippen molar-refractivity contribution in [3.63, 3.8) is 0 Å². The van der Waals surface area contributed by atoms with Gasteiger partial charge in [0.1, 0.15) is 0 Å². The molecule has 2 aromatic carbocycles. The smallest absolute Gasteiger partial charge is 0.237 e. The number of benzene rings is 2. The van der Waals surface area contributed by atoms with Crippen molar-refractivity contribution in [3.05, 3.63) is 59.7 Å². The number of aromatic amines is 1. The van der Waals surface area contributed by atoms with Crippen LogP contribution in [0.3, 0.4) is 0 Å². The average Bonchev–Trinajstić information content (AvgIpc) is 3.04. The quantitative estimate of drug-likeness (QED) is 0.675. The fourth-order valence-corrected chi connectivity index (χ4v) is 3.04. The van der Waals surface area contributed by atoms with E-state index >= 15 is 0 Å². The van der Waals surface area contributed by atoms with Gasteiger partial charge in [0.05, 0.1) is 5.25 Å². The summed E-state index contributed by atoms with van der Waals surface area (Å²) in [6.45, 7) is 5.88. The average molecular weight is 352 g/mol. The van der Waals surface area contributed by atoms with Crippen molar-refractivity contribution in [2.45, 2.75) is 31.2 Å². The third-order valence-corrected chi connectivity index (χ3v) is 4.69. The number of aromatic nitrogens is 3. The zero-order valence-electron chi connectivity index (χ0n) is 14.4. The maximum Gasteiger partial charge on any atom is 0.237 e. The Morgan fingerprint density at radius 1 is 1.12 bits per heavy atom. The van der Waals surface area contributed by atoms with Crippen molar-refractivity contribution in [1.82, 2.24) is 15.2 Å². The number of anilines is 1. The Balaban J connectivity index is 1.63. The van der Waals surface area contributed by atoms with Crippen LogP contribution >= 0.6 is 11.8 Å². The van der Waals surface area contributed by atoms with E-state index in [0.717, 1.165) is 16.8 Å². The number of rotatable bonds is 5. The highest BCUT2D eigenvalue weighted by Crippen LogP contribution is 2.24. The predicted octanol–water partition coefficient (Wildman–Crippen LogP) is 4.21. The number of nitrogens with one attached hydrogen (secondary N) is 2. The molecule has 6 heteroatoms. The van der Waals surface area contributed by atoms with E-state index in [0.29, 0.717) is 11.0 Å². The summed E-state index contributed by atoms with van der Waals surface area (Å²) in [7, 11) is 0. The number of amides is 1. The van der Waals surface area contributed by atoms with Crippen LogP contribution in [0.25, 0.3) is 11.4 Å². The van der Waals surface area contributed by atoms with Crippen LogP contribution in [0.15, 0.2) is 53.7 Å². The highest BCUT2D eigenvalue weighted by molar-refractivity contribution is 8.00. The molecule has 0 bridgehead atoms. The van der Waals surface area contributed by atoms with Crippen molar-refractivity contribution < 1.29 is 4.79 Å². The Morgan fingerprint density at radius 2 is 1.88 bits per heavy atom. The first kappa shape index (κ1) is 17.2. The van der Waals surface area contributed by atoms with E-state index in [1.807, 2.05) is 69.3 Å².